The quantitative estimate of drug-likeness (QED) is 0.682. The van der Waals surface area contributed by atoms with Gasteiger partial charge in [0.2, 0.25) is 15.9 Å². The molecule has 0 amide bonds. The van der Waals surface area contributed by atoms with Crippen LogP contribution in [0.4, 0.5) is 5.82 Å². The number of hydrogen-bond donors (Lipinski definition) is 0. The molecule has 9 nitrogen and oxygen atoms in total. The fraction of sp³-hybridized carbons (Fsp3) is 0.650. The van der Waals surface area contributed by atoms with Gasteiger partial charge in [-0.3, -0.25) is 4.90 Å². The van der Waals surface area contributed by atoms with Crippen LogP contribution in [-0.4, -0.2) is 72.0 Å². The van der Waals surface area contributed by atoms with Crippen molar-refractivity contribution in [2.24, 2.45) is 0 Å². The first-order chi connectivity index (χ1) is 14.5. The fourth-order valence-electron chi connectivity index (χ4n) is 4.12. The van der Waals surface area contributed by atoms with Crippen LogP contribution in [0.25, 0.3) is 0 Å². The van der Waals surface area contributed by atoms with E-state index in [-0.39, 0.29) is 6.04 Å². The number of hydrogen-bond acceptors (Lipinski definition) is 8. The van der Waals surface area contributed by atoms with Crippen LogP contribution in [0.2, 0.25) is 0 Å². The number of aryl methyl sites for hydroxylation is 1. The second kappa shape index (κ2) is 8.99. The largest absolute Gasteiger partial charge is 0.353 e. The highest BCUT2D eigenvalue weighted by atomic mass is 32.2. The second-order valence-corrected chi connectivity index (χ2v) is 9.80. The first-order valence-corrected chi connectivity index (χ1v) is 12.2. The Morgan fingerprint density at radius 2 is 1.83 bits per heavy atom. The molecule has 4 rings (SSSR count). The van der Waals surface area contributed by atoms with E-state index in [9.17, 15) is 8.42 Å². The summed E-state index contributed by atoms with van der Waals surface area (Å²) in [5.41, 5.74) is 0. The second-order valence-electron chi connectivity index (χ2n) is 7.89. The number of nitrogens with zero attached hydrogens (tertiary/aromatic N) is 6. The predicted molar refractivity (Wildman–Crippen MR) is 113 cm³/mol. The molecule has 0 aromatic carbocycles. The summed E-state index contributed by atoms with van der Waals surface area (Å²) in [7, 11) is -3.53. The minimum absolute atomic E-state index is 0.0280. The van der Waals surface area contributed by atoms with E-state index in [0.717, 1.165) is 44.6 Å². The van der Waals surface area contributed by atoms with Gasteiger partial charge in [-0.2, -0.15) is 9.29 Å². The van der Waals surface area contributed by atoms with Gasteiger partial charge in [0.05, 0.1) is 6.04 Å². The van der Waals surface area contributed by atoms with Gasteiger partial charge in [0.1, 0.15) is 10.7 Å². The lowest BCUT2D eigenvalue weighted by Crippen LogP contribution is -2.48. The van der Waals surface area contributed by atoms with Crippen LogP contribution >= 0.6 is 0 Å². The third-order valence-corrected chi connectivity index (χ3v) is 7.92. The summed E-state index contributed by atoms with van der Waals surface area (Å²) in [6.07, 6.45) is 5.34. The molecule has 1 unspecified atom stereocenters. The molecule has 30 heavy (non-hydrogen) atoms. The summed E-state index contributed by atoms with van der Waals surface area (Å²) >= 11 is 0. The van der Waals surface area contributed by atoms with Crippen molar-refractivity contribution in [3.63, 3.8) is 0 Å². The molecule has 0 saturated carbocycles. The number of rotatable bonds is 6. The first-order valence-electron chi connectivity index (χ1n) is 10.8. The summed E-state index contributed by atoms with van der Waals surface area (Å²) in [6.45, 7) is 8.17. The van der Waals surface area contributed by atoms with Crippen molar-refractivity contribution in [3.05, 3.63) is 30.0 Å². The van der Waals surface area contributed by atoms with E-state index in [1.807, 2.05) is 6.92 Å². The van der Waals surface area contributed by atoms with Crippen LogP contribution in [0.1, 0.15) is 50.9 Å². The molecule has 1 atom stereocenters. The SMILES string of the molecule is CCc1noc(C(C)N2CCN(c3ncccc3S(=O)(=O)N3CCCCC3)CC2)n1. The molecule has 2 aliphatic rings. The normalized spacial score (nSPS) is 20.4. The Morgan fingerprint density at radius 3 is 2.50 bits per heavy atom. The Balaban J connectivity index is 1.47. The zero-order valence-electron chi connectivity index (χ0n) is 17.7. The van der Waals surface area contributed by atoms with E-state index in [4.69, 9.17) is 4.52 Å². The van der Waals surface area contributed by atoms with Crippen molar-refractivity contribution in [1.29, 1.82) is 0 Å². The summed E-state index contributed by atoms with van der Waals surface area (Å²) in [5.74, 6) is 1.91. The summed E-state index contributed by atoms with van der Waals surface area (Å²) < 4.78 is 33.5. The summed E-state index contributed by atoms with van der Waals surface area (Å²) in [6, 6.07) is 3.42. The molecule has 2 fully saturated rings. The van der Waals surface area contributed by atoms with E-state index >= 15 is 0 Å². The Morgan fingerprint density at radius 1 is 1.10 bits per heavy atom. The summed E-state index contributed by atoms with van der Waals surface area (Å²) in [4.78, 5) is 13.6. The van der Waals surface area contributed by atoms with Crippen LogP contribution in [0.5, 0.6) is 0 Å². The van der Waals surface area contributed by atoms with Crippen molar-refractivity contribution in [3.8, 4) is 0 Å². The minimum Gasteiger partial charge on any atom is -0.353 e. The zero-order valence-corrected chi connectivity index (χ0v) is 18.5. The van der Waals surface area contributed by atoms with Gasteiger partial charge in [0, 0.05) is 51.9 Å². The first kappa shape index (κ1) is 21.2. The molecule has 10 heteroatoms. The maximum absolute atomic E-state index is 13.3. The molecule has 2 aromatic heterocycles. The van der Waals surface area contributed by atoms with Crippen LogP contribution in [0.15, 0.2) is 27.7 Å². The highest BCUT2D eigenvalue weighted by Gasteiger charge is 2.32. The lowest BCUT2D eigenvalue weighted by atomic mass is 10.2. The Kier molecular flexibility index (Phi) is 6.35. The average molecular weight is 435 g/mol. The van der Waals surface area contributed by atoms with Gasteiger partial charge in [-0.25, -0.2) is 13.4 Å². The van der Waals surface area contributed by atoms with Gasteiger partial charge in [0.15, 0.2) is 5.82 Å². The lowest BCUT2D eigenvalue weighted by Gasteiger charge is -2.38. The molecule has 4 heterocycles. The van der Waals surface area contributed by atoms with E-state index in [2.05, 4.69) is 31.8 Å². The van der Waals surface area contributed by atoms with Crippen molar-refractivity contribution in [2.45, 2.75) is 50.5 Å². The minimum atomic E-state index is -3.53. The Bertz CT molecular complexity index is 949. The van der Waals surface area contributed by atoms with E-state index < -0.39 is 10.0 Å². The molecule has 0 bridgehead atoms. The van der Waals surface area contributed by atoms with Gasteiger partial charge in [0.25, 0.3) is 0 Å². The highest BCUT2D eigenvalue weighted by Crippen LogP contribution is 2.29. The predicted octanol–water partition coefficient (Wildman–Crippen LogP) is 2.08. The average Bonchev–Trinajstić information content (AvgIpc) is 3.29. The molecule has 0 aliphatic carbocycles. The van der Waals surface area contributed by atoms with Crippen molar-refractivity contribution in [2.75, 3.05) is 44.2 Å². The number of aromatic nitrogens is 3. The maximum Gasteiger partial charge on any atom is 0.246 e. The number of anilines is 1. The molecular weight excluding hydrogens is 404 g/mol. The van der Waals surface area contributed by atoms with Crippen molar-refractivity contribution >= 4 is 15.8 Å². The monoisotopic (exact) mass is 434 g/mol. The topological polar surface area (TPSA) is 95.7 Å². The number of pyridine rings is 1. The smallest absolute Gasteiger partial charge is 0.246 e. The zero-order chi connectivity index (χ0) is 21.1. The standard InChI is InChI=1S/C20H30N6O3S/c1-3-18-22-20(29-23-18)16(2)24-12-14-25(15-13-24)19-17(8-7-9-21-19)30(27,28)26-10-5-4-6-11-26/h7-9,16H,3-6,10-15H2,1-2H3. The fourth-order valence-corrected chi connectivity index (χ4v) is 5.80. The van der Waals surface area contributed by atoms with Gasteiger partial charge in [-0.05, 0) is 31.9 Å². The van der Waals surface area contributed by atoms with Gasteiger partial charge in [-0.1, -0.05) is 18.5 Å². The van der Waals surface area contributed by atoms with Crippen LogP contribution in [0, 0.1) is 0 Å². The van der Waals surface area contributed by atoms with Crippen LogP contribution in [-0.2, 0) is 16.4 Å². The molecule has 2 saturated heterocycles. The lowest BCUT2D eigenvalue weighted by molar-refractivity contribution is 0.163. The van der Waals surface area contributed by atoms with Gasteiger partial charge in [-0.15, -0.1) is 0 Å². The van der Waals surface area contributed by atoms with E-state index in [1.54, 1.807) is 22.6 Å². The van der Waals surface area contributed by atoms with Crippen molar-refractivity contribution in [1.82, 2.24) is 24.3 Å². The van der Waals surface area contributed by atoms with E-state index in [0.29, 0.717) is 42.8 Å². The molecule has 0 N–H and O–H groups in total. The maximum atomic E-state index is 13.3. The highest BCUT2D eigenvalue weighted by molar-refractivity contribution is 7.89. The molecule has 0 radical (unpaired) electrons. The van der Waals surface area contributed by atoms with Crippen LogP contribution < -0.4 is 4.90 Å². The Labute approximate surface area is 178 Å². The number of piperazine rings is 1. The molecule has 164 valence electrons. The van der Waals surface area contributed by atoms with Gasteiger partial charge < -0.3 is 9.42 Å². The Hall–Kier alpha value is -2.04. The molecule has 2 aromatic rings. The number of sulfonamides is 1. The van der Waals surface area contributed by atoms with Gasteiger partial charge >= 0.3 is 0 Å². The molecule has 0 spiro atoms. The number of piperidine rings is 1. The molecular formula is C20H30N6O3S. The van der Waals surface area contributed by atoms with Crippen LogP contribution in [0.3, 0.4) is 0 Å². The third kappa shape index (κ3) is 4.21. The third-order valence-electron chi connectivity index (χ3n) is 6.00. The molecule has 2 aliphatic heterocycles. The summed E-state index contributed by atoms with van der Waals surface area (Å²) in [5, 5.41) is 3.99. The van der Waals surface area contributed by atoms with Crippen molar-refractivity contribution < 1.29 is 12.9 Å². The van der Waals surface area contributed by atoms with E-state index in [1.165, 1.54) is 0 Å².